The predicted octanol–water partition coefficient (Wildman–Crippen LogP) is 1.68. The lowest BCUT2D eigenvalue weighted by Gasteiger charge is -2.12. The first-order valence-electron chi connectivity index (χ1n) is 4.77. The SMILES string of the molecule is COC(=O)c1cc([N+](=O)[O-])c(OC(F)(F)F)c(OC)n1. The van der Waals surface area contributed by atoms with Gasteiger partial charge in [-0.25, -0.2) is 9.78 Å². The van der Waals surface area contributed by atoms with Gasteiger partial charge in [0.15, 0.2) is 5.69 Å². The quantitative estimate of drug-likeness (QED) is 0.473. The van der Waals surface area contributed by atoms with Crippen LogP contribution in [-0.4, -0.2) is 36.5 Å². The van der Waals surface area contributed by atoms with Crippen LogP contribution in [0.15, 0.2) is 6.07 Å². The van der Waals surface area contributed by atoms with Gasteiger partial charge in [0, 0.05) is 0 Å². The summed E-state index contributed by atoms with van der Waals surface area (Å²) in [7, 11) is 1.89. The minimum absolute atomic E-state index is 0.495. The van der Waals surface area contributed by atoms with Gasteiger partial charge in [0.25, 0.3) is 11.6 Å². The number of ether oxygens (including phenoxy) is 3. The molecule has 0 fully saturated rings. The molecule has 0 saturated heterocycles. The van der Waals surface area contributed by atoms with E-state index in [4.69, 9.17) is 0 Å². The van der Waals surface area contributed by atoms with Gasteiger partial charge in [-0.2, -0.15) is 0 Å². The molecule has 110 valence electrons. The van der Waals surface area contributed by atoms with Crippen molar-refractivity contribution in [3.63, 3.8) is 0 Å². The highest BCUT2D eigenvalue weighted by Gasteiger charge is 2.38. The van der Waals surface area contributed by atoms with E-state index in [-0.39, 0.29) is 0 Å². The number of nitro groups is 1. The maximum absolute atomic E-state index is 12.2. The van der Waals surface area contributed by atoms with Crippen LogP contribution in [0.5, 0.6) is 11.6 Å². The van der Waals surface area contributed by atoms with Crippen LogP contribution in [0.3, 0.4) is 0 Å². The van der Waals surface area contributed by atoms with Gasteiger partial charge in [-0.05, 0) is 0 Å². The Hall–Kier alpha value is -2.59. The average molecular weight is 296 g/mol. The van der Waals surface area contributed by atoms with E-state index in [1.54, 1.807) is 0 Å². The zero-order valence-electron chi connectivity index (χ0n) is 10.1. The normalized spacial score (nSPS) is 10.8. The Morgan fingerprint density at radius 1 is 1.40 bits per heavy atom. The van der Waals surface area contributed by atoms with Gasteiger partial charge in [0.05, 0.1) is 25.2 Å². The minimum Gasteiger partial charge on any atom is -0.478 e. The van der Waals surface area contributed by atoms with Crippen molar-refractivity contribution in [1.82, 2.24) is 4.98 Å². The van der Waals surface area contributed by atoms with Crippen molar-refractivity contribution in [2.45, 2.75) is 6.36 Å². The third-order valence-electron chi connectivity index (χ3n) is 1.92. The summed E-state index contributed by atoms with van der Waals surface area (Å²) in [6, 6.07) is 0.495. The first-order chi connectivity index (χ1) is 9.19. The molecule has 0 atom stereocenters. The monoisotopic (exact) mass is 296 g/mol. The van der Waals surface area contributed by atoms with Crippen molar-refractivity contribution in [3.8, 4) is 11.6 Å². The summed E-state index contributed by atoms with van der Waals surface area (Å²) in [4.78, 5) is 24.2. The predicted molar refractivity (Wildman–Crippen MR) is 55.5 cm³/mol. The van der Waals surface area contributed by atoms with E-state index < -0.39 is 40.3 Å². The maximum Gasteiger partial charge on any atom is 0.573 e. The van der Waals surface area contributed by atoms with E-state index in [9.17, 15) is 28.1 Å². The molecule has 1 heterocycles. The highest BCUT2D eigenvalue weighted by molar-refractivity contribution is 5.88. The molecule has 0 amide bonds. The molecule has 0 spiro atoms. The molecular formula is C9H7F3N2O6. The van der Waals surface area contributed by atoms with E-state index in [1.165, 1.54) is 0 Å². The molecule has 0 bridgehead atoms. The van der Waals surface area contributed by atoms with Gasteiger partial charge in [-0.1, -0.05) is 0 Å². The van der Waals surface area contributed by atoms with Crippen molar-refractivity contribution in [2.75, 3.05) is 14.2 Å². The number of alkyl halides is 3. The number of rotatable bonds is 4. The molecule has 0 aliphatic carbocycles. The molecule has 0 unspecified atom stereocenters. The fourth-order valence-electron chi connectivity index (χ4n) is 1.19. The van der Waals surface area contributed by atoms with E-state index in [0.29, 0.717) is 6.07 Å². The van der Waals surface area contributed by atoms with Crippen LogP contribution >= 0.6 is 0 Å². The van der Waals surface area contributed by atoms with Crippen molar-refractivity contribution in [2.24, 2.45) is 0 Å². The fourth-order valence-corrected chi connectivity index (χ4v) is 1.19. The van der Waals surface area contributed by atoms with Gasteiger partial charge in [-0.3, -0.25) is 10.1 Å². The number of carbonyl (C=O) groups excluding carboxylic acids is 1. The summed E-state index contributed by atoms with van der Waals surface area (Å²) in [6.45, 7) is 0. The largest absolute Gasteiger partial charge is 0.573 e. The standard InChI is InChI=1S/C9H7F3N2O6/c1-18-7-6(20-9(10,11)12)5(14(16)17)3-4(13-7)8(15)19-2/h3H,1-2H3. The topological polar surface area (TPSA) is 101 Å². The third-order valence-corrected chi connectivity index (χ3v) is 1.92. The van der Waals surface area contributed by atoms with Crippen LogP contribution in [0, 0.1) is 10.1 Å². The van der Waals surface area contributed by atoms with Gasteiger partial charge in [-0.15, -0.1) is 13.2 Å². The minimum atomic E-state index is -5.19. The number of nitrogens with zero attached hydrogens (tertiary/aromatic N) is 2. The van der Waals surface area contributed by atoms with E-state index in [0.717, 1.165) is 14.2 Å². The van der Waals surface area contributed by atoms with Crippen LogP contribution in [-0.2, 0) is 4.74 Å². The van der Waals surface area contributed by atoms with Crippen molar-refractivity contribution < 1.29 is 37.1 Å². The molecule has 1 rings (SSSR count). The van der Waals surface area contributed by atoms with Crippen molar-refractivity contribution in [3.05, 3.63) is 21.9 Å². The zero-order chi connectivity index (χ0) is 15.5. The Balaban J connectivity index is 3.48. The molecule has 8 nitrogen and oxygen atoms in total. The molecule has 11 heteroatoms. The van der Waals surface area contributed by atoms with Crippen molar-refractivity contribution >= 4 is 11.7 Å². The Morgan fingerprint density at radius 2 is 2.00 bits per heavy atom. The van der Waals surface area contributed by atoms with Crippen LogP contribution in [0.25, 0.3) is 0 Å². The molecule has 1 aromatic rings. The molecule has 0 aliphatic rings. The Kier molecular flexibility index (Phi) is 4.32. The van der Waals surface area contributed by atoms with Gasteiger partial charge >= 0.3 is 18.0 Å². The van der Waals surface area contributed by atoms with E-state index >= 15 is 0 Å². The Bertz CT molecular complexity index is 545. The molecule has 20 heavy (non-hydrogen) atoms. The first kappa shape index (κ1) is 15.5. The number of pyridine rings is 1. The highest BCUT2D eigenvalue weighted by atomic mass is 19.4. The van der Waals surface area contributed by atoms with Gasteiger partial charge < -0.3 is 14.2 Å². The Labute approximate surface area is 109 Å². The highest BCUT2D eigenvalue weighted by Crippen LogP contribution is 2.39. The van der Waals surface area contributed by atoms with Crippen molar-refractivity contribution in [1.29, 1.82) is 0 Å². The number of hydrogen-bond donors (Lipinski definition) is 0. The van der Waals surface area contributed by atoms with Gasteiger partial charge in [0.2, 0.25) is 0 Å². The maximum atomic E-state index is 12.2. The summed E-state index contributed by atoms with van der Waals surface area (Å²) >= 11 is 0. The number of aromatic nitrogens is 1. The molecule has 0 N–H and O–H groups in total. The van der Waals surface area contributed by atoms with E-state index in [2.05, 4.69) is 19.2 Å². The van der Waals surface area contributed by atoms with Crippen LogP contribution in [0.1, 0.15) is 10.5 Å². The number of hydrogen-bond acceptors (Lipinski definition) is 7. The lowest BCUT2D eigenvalue weighted by atomic mass is 10.3. The summed E-state index contributed by atoms with van der Waals surface area (Å²) in [5.41, 5.74) is -1.72. The molecule has 0 saturated carbocycles. The Morgan fingerprint density at radius 3 is 2.40 bits per heavy atom. The third kappa shape index (κ3) is 3.46. The van der Waals surface area contributed by atoms with Gasteiger partial charge in [0.1, 0.15) is 0 Å². The lowest BCUT2D eigenvalue weighted by molar-refractivity contribution is -0.388. The molecule has 0 radical (unpaired) electrons. The van der Waals surface area contributed by atoms with Crippen LogP contribution in [0.4, 0.5) is 18.9 Å². The molecule has 0 aromatic carbocycles. The molecule has 0 aliphatic heterocycles. The summed E-state index contributed by atoms with van der Waals surface area (Å²) < 4.78 is 48.9. The summed E-state index contributed by atoms with van der Waals surface area (Å²) in [6.07, 6.45) is -5.19. The number of carbonyl (C=O) groups is 1. The van der Waals surface area contributed by atoms with Crippen LogP contribution < -0.4 is 9.47 Å². The zero-order valence-corrected chi connectivity index (χ0v) is 10.1. The number of esters is 1. The summed E-state index contributed by atoms with van der Waals surface area (Å²) in [5.74, 6) is -3.19. The lowest BCUT2D eigenvalue weighted by Crippen LogP contribution is -2.19. The molecule has 1 aromatic heterocycles. The first-order valence-corrected chi connectivity index (χ1v) is 4.77. The number of methoxy groups -OCH3 is 2. The second-order valence-corrected chi connectivity index (χ2v) is 3.16. The number of halogens is 3. The second-order valence-electron chi connectivity index (χ2n) is 3.16. The smallest absolute Gasteiger partial charge is 0.478 e. The second kappa shape index (κ2) is 5.59. The fraction of sp³-hybridized carbons (Fsp3) is 0.333. The van der Waals surface area contributed by atoms with E-state index in [1.807, 2.05) is 0 Å². The average Bonchev–Trinajstić information content (AvgIpc) is 2.35. The molecular weight excluding hydrogens is 289 g/mol. The van der Waals surface area contributed by atoms with Crippen LogP contribution in [0.2, 0.25) is 0 Å². The summed E-state index contributed by atoms with van der Waals surface area (Å²) in [5, 5.41) is 10.8.